The summed E-state index contributed by atoms with van der Waals surface area (Å²) in [5.41, 5.74) is 1.74. The molecule has 1 N–H and O–H groups in total. The molecular weight excluding hydrogens is 320 g/mol. The summed E-state index contributed by atoms with van der Waals surface area (Å²) in [5, 5.41) is 12.3. The molecule has 7 heteroatoms. The van der Waals surface area contributed by atoms with Crippen molar-refractivity contribution in [2.24, 2.45) is 0 Å². The Balaban J connectivity index is 1.54. The molecule has 0 aliphatic heterocycles. The van der Waals surface area contributed by atoms with Gasteiger partial charge in [0.05, 0.1) is 5.75 Å². The molecule has 0 aliphatic rings. The number of pyridine rings is 1. The Morgan fingerprint density at radius 1 is 1.23 bits per heavy atom. The van der Waals surface area contributed by atoms with Gasteiger partial charge < -0.3 is 5.32 Å². The number of nitrogens with zero attached hydrogens (tertiary/aromatic N) is 3. The molecular formula is C15H13ClN4OS. The van der Waals surface area contributed by atoms with Gasteiger partial charge in [0.2, 0.25) is 5.91 Å². The van der Waals surface area contributed by atoms with Gasteiger partial charge in [-0.1, -0.05) is 41.6 Å². The summed E-state index contributed by atoms with van der Waals surface area (Å²) in [7, 11) is 0. The summed E-state index contributed by atoms with van der Waals surface area (Å²) in [6.45, 7) is 0.459. The zero-order valence-corrected chi connectivity index (χ0v) is 13.1. The number of nitrogens with one attached hydrogen (secondary N) is 1. The molecule has 1 aromatic carbocycles. The van der Waals surface area contributed by atoms with Gasteiger partial charge in [-0.05, 0) is 29.8 Å². The van der Waals surface area contributed by atoms with Crippen molar-refractivity contribution in [2.75, 3.05) is 5.75 Å². The van der Waals surface area contributed by atoms with Gasteiger partial charge in [0.15, 0.2) is 10.8 Å². The largest absolute Gasteiger partial charge is 0.351 e. The van der Waals surface area contributed by atoms with Crippen LogP contribution in [0.15, 0.2) is 53.8 Å². The van der Waals surface area contributed by atoms with E-state index < -0.39 is 0 Å². The number of aromatic nitrogens is 3. The summed E-state index contributed by atoms with van der Waals surface area (Å²) < 4.78 is 1.86. The fraction of sp³-hybridized carbons (Fsp3) is 0.133. The first-order valence-electron chi connectivity index (χ1n) is 6.66. The average molecular weight is 333 g/mol. The maximum Gasteiger partial charge on any atom is 0.230 e. The maximum atomic E-state index is 11.9. The van der Waals surface area contributed by atoms with Gasteiger partial charge in [-0.15, -0.1) is 10.2 Å². The maximum absolute atomic E-state index is 11.9. The molecule has 0 atom stereocenters. The summed E-state index contributed by atoms with van der Waals surface area (Å²) in [6, 6.07) is 13.1. The number of thioether (sulfide) groups is 1. The van der Waals surface area contributed by atoms with Gasteiger partial charge >= 0.3 is 0 Å². The van der Waals surface area contributed by atoms with Gasteiger partial charge in [0.1, 0.15) is 0 Å². The molecule has 2 heterocycles. The van der Waals surface area contributed by atoms with Crippen molar-refractivity contribution in [1.82, 2.24) is 19.9 Å². The lowest BCUT2D eigenvalue weighted by atomic mass is 10.2. The topological polar surface area (TPSA) is 59.3 Å². The van der Waals surface area contributed by atoms with Crippen LogP contribution < -0.4 is 5.32 Å². The Labute approximate surface area is 136 Å². The van der Waals surface area contributed by atoms with Crippen molar-refractivity contribution >= 4 is 34.9 Å². The first-order valence-corrected chi connectivity index (χ1v) is 8.02. The minimum Gasteiger partial charge on any atom is -0.351 e. The number of hydrogen-bond donors (Lipinski definition) is 1. The fourth-order valence-electron chi connectivity index (χ4n) is 1.95. The van der Waals surface area contributed by atoms with Gasteiger partial charge in [0.25, 0.3) is 0 Å². The molecule has 1 amide bonds. The Kier molecular flexibility index (Phi) is 4.60. The van der Waals surface area contributed by atoms with Crippen molar-refractivity contribution in [1.29, 1.82) is 0 Å². The van der Waals surface area contributed by atoms with E-state index in [1.165, 1.54) is 11.8 Å². The Morgan fingerprint density at radius 2 is 2.14 bits per heavy atom. The average Bonchev–Trinajstić information content (AvgIpc) is 2.94. The molecule has 22 heavy (non-hydrogen) atoms. The third kappa shape index (κ3) is 3.58. The van der Waals surface area contributed by atoms with Crippen LogP contribution in [0, 0.1) is 0 Å². The highest BCUT2D eigenvalue weighted by molar-refractivity contribution is 7.99. The molecule has 0 spiro atoms. The van der Waals surface area contributed by atoms with Crippen LogP contribution in [0.25, 0.3) is 5.65 Å². The summed E-state index contributed by atoms with van der Waals surface area (Å²) in [6.07, 6.45) is 1.88. The highest BCUT2D eigenvalue weighted by Crippen LogP contribution is 2.16. The molecule has 0 saturated heterocycles. The van der Waals surface area contributed by atoms with Crippen LogP contribution in [-0.4, -0.2) is 26.3 Å². The number of amides is 1. The van der Waals surface area contributed by atoms with E-state index in [9.17, 15) is 4.79 Å². The zero-order chi connectivity index (χ0) is 15.4. The van der Waals surface area contributed by atoms with Gasteiger partial charge in [0, 0.05) is 17.8 Å². The van der Waals surface area contributed by atoms with Crippen LogP contribution in [0.2, 0.25) is 5.02 Å². The van der Waals surface area contributed by atoms with Gasteiger partial charge in [-0.3, -0.25) is 9.20 Å². The molecule has 0 aliphatic carbocycles. The fourth-order valence-corrected chi connectivity index (χ4v) is 2.91. The van der Waals surface area contributed by atoms with E-state index in [1.807, 2.05) is 47.0 Å². The molecule has 3 rings (SSSR count). The number of fused-ring (bicyclic) bond motifs is 1. The summed E-state index contributed by atoms with van der Waals surface area (Å²) in [5.74, 6) is 0.230. The quantitative estimate of drug-likeness (QED) is 0.730. The SMILES string of the molecule is O=C(CSc1nnc2ccccn12)NCc1cccc(Cl)c1. The van der Waals surface area contributed by atoms with Crippen LogP contribution in [0.4, 0.5) is 0 Å². The molecule has 0 radical (unpaired) electrons. The number of hydrogen-bond acceptors (Lipinski definition) is 4. The Bertz CT molecular complexity index is 805. The lowest BCUT2D eigenvalue weighted by Crippen LogP contribution is -2.24. The third-order valence-corrected chi connectivity index (χ3v) is 4.17. The van der Waals surface area contributed by atoms with E-state index in [1.54, 1.807) is 6.07 Å². The van der Waals surface area contributed by atoms with Crippen molar-refractivity contribution in [3.8, 4) is 0 Å². The zero-order valence-electron chi connectivity index (χ0n) is 11.6. The van der Waals surface area contributed by atoms with E-state index in [0.29, 0.717) is 16.7 Å². The molecule has 0 unspecified atom stereocenters. The third-order valence-electron chi connectivity index (χ3n) is 2.99. The molecule has 0 bridgehead atoms. The minimum absolute atomic E-state index is 0.0577. The second-order valence-electron chi connectivity index (χ2n) is 4.61. The van der Waals surface area contributed by atoms with E-state index in [0.717, 1.165) is 11.2 Å². The lowest BCUT2D eigenvalue weighted by Gasteiger charge is -2.05. The molecule has 2 aromatic heterocycles. The molecule has 5 nitrogen and oxygen atoms in total. The number of benzene rings is 1. The van der Waals surface area contributed by atoms with Crippen molar-refractivity contribution in [3.63, 3.8) is 0 Å². The molecule has 0 saturated carbocycles. The predicted octanol–water partition coefficient (Wildman–Crippen LogP) is 2.79. The number of carbonyl (C=O) groups excluding carboxylic acids is 1. The highest BCUT2D eigenvalue weighted by Gasteiger charge is 2.08. The smallest absolute Gasteiger partial charge is 0.230 e. The monoisotopic (exact) mass is 332 g/mol. The number of rotatable bonds is 5. The van der Waals surface area contributed by atoms with Crippen molar-refractivity contribution in [3.05, 3.63) is 59.2 Å². The van der Waals surface area contributed by atoms with Crippen LogP contribution >= 0.6 is 23.4 Å². The summed E-state index contributed by atoms with van der Waals surface area (Å²) >= 11 is 7.26. The summed E-state index contributed by atoms with van der Waals surface area (Å²) in [4.78, 5) is 11.9. The highest BCUT2D eigenvalue weighted by atomic mass is 35.5. The van der Waals surface area contributed by atoms with Gasteiger partial charge in [-0.2, -0.15) is 0 Å². The molecule has 112 valence electrons. The van der Waals surface area contributed by atoms with Crippen LogP contribution in [0.3, 0.4) is 0 Å². The van der Waals surface area contributed by atoms with E-state index in [2.05, 4.69) is 15.5 Å². The van der Waals surface area contributed by atoms with Crippen LogP contribution in [0.5, 0.6) is 0 Å². The minimum atomic E-state index is -0.0577. The number of carbonyl (C=O) groups is 1. The van der Waals surface area contributed by atoms with Crippen LogP contribution in [0.1, 0.15) is 5.56 Å². The van der Waals surface area contributed by atoms with Crippen molar-refractivity contribution < 1.29 is 4.79 Å². The van der Waals surface area contributed by atoms with Crippen molar-refractivity contribution in [2.45, 2.75) is 11.7 Å². The first kappa shape index (κ1) is 14.9. The normalized spacial score (nSPS) is 10.8. The predicted molar refractivity (Wildman–Crippen MR) is 87.0 cm³/mol. The molecule has 3 aromatic rings. The van der Waals surface area contributed by atoms with E-state index in [4.69, 9.17) is 11.6 Å². The Hall–Kier alpha value is -2.05. The number of halogens is 1. The first-order chi connectivity index (χ1) is 10.7. The standard InChI is InChI=1S/C15H13ClN4OS/c16-12-5-3-4-11(8-12)9-17-14(21)10-22-15-19-18-13-6-1-2-7-20(13)15/h1-8H,9-10H2,(H,17,21). The van der Waals surface area contributed by atoms with Crippen LogP contribution in [-0.2, 0) is 11.3 Å². The second-order valence-corrected chi connectivity index (χ2v) is 5.99. The van der Waals surface area contributed by atoms with E-state index >= 15 is 0 Å². The van der Waals surface area contributed by atoms with Gasteiger partial charge in [-0.25, -0.2) is 0 Å². The van der Waals surface area contributed by atoms with E-state index in [-0.39, 0.29) is 11.7 Å². The second kappa shape index (κ2) is 6.81. The Morgan fingerprint density at radius 3 is 3.00 bits per heavy atom. The molecule has 0 fully saturated rings. The lowest BCUT2D eigenvalue weighted by molar-refractivity contribution is -0.118.